The van der Waals surface area contributed by atoms with Gasteiger partial charge >= 0.3 is 0 Å². The first kappa shape index (κ1) is 24.3. The van der Waals surface area contributed by atoms with Crippen LogP contribution in [0.15, 0.2) is 66.7 Å². The third kappa shape index (κ3) is 6.11. The van der Waals surface area contributed by atoms with Crippen LogP contribution in [-0.2, 0) is 29.9 Å². The van der Waals surface area contributed by atoms with Crippen molar-refractivity contribution in [3.05, 3.63) is 99.3 Å². The number of halogens is 2. The van der Waals surface area contributed by atoms with Gasteiger partial charge in [0.1, 0.15) is 0 Å². The number of aliphatic hydroxyl groups is 1. The number of benzene rings is 2. The Hall–Kier alpha value is -1.78. The van der Waals surface area contributed by atoms with Crippen molar-refractivity contribution in [3.63, 3.8) is 0 Å². The first-order chi connectivity index (χ1) is 12.7. The molecule has 0 fully saturated rings. The van der Waals surface area contributed by atoms with Crippen LogP contribution < -0.4 is 0 Å². The Morgan fingerprint density at radius 1 is 0.893 bits per heavy atom. The average Bonchev–Trinajstić information content (AvgIpc) is 2.62. The first-order valence-electron chi connectivity index (χ1n) is 8.11. The van der Waals surface area contributed by atoms with Crippen molar-refractivity contribution in [2.45, 2.75) is 19.4 Å². The number of aliphatic carboxylic acids is 1. The second kappa shape index (κ2) is 10.7. The van der Waals surface area contributed by atoms with E-state index in [0.29, 0.717) is 26.9 Å². The minimum atomic E-state index is -1.37. The number of nitrogens with zero attached hydrogens (tertiary/aromatic N) is 1. The molecule has 0 atom stereocenters. The normalized spacial score (nSPS) is 10.3. The fourth-order valence-electron chi connectivity index (χ4n) is 2.59. The van der Waals surface area contributed by atoms with Gasteiger partial charge in [-0.2, -0.15) is 0 Å². The number of hydrogen-bond acceptors (Lipinski definition) is 3. The van der Waals surface area contributed by atoms with Crippen LogP contribution in [0.2, 0.25) is 10.0 Å². The molecule has 0 spiro atoms. The van der Waals surface area contributed by atoms with Gasteiger partial charge in [-0.05, 0) is 54.4 Å². The fourth-order valence-corrected chi connectivity index (χ4v) is 2.84. The minimum Gasteiger partial charge on any atom is -0.481 e. The zero-order chi connectivity index (χ0) is 20.0. The van der Waals surface area contributed by atoms with Gasteiger partial charge in [0.15, 0.2) is 5.60 Å². The molecule has 2 N–H and O–H groups in total. The molecule has 1 aromatic heterocycles. The van der Waals surface area contributed by atoms with Gasteiger partial charge in [-0.3, -0.25) is 9.78 Å². The quantitative estimate of drug-likeness (QED) is 0.526. The fraction of sp³-hybridized carbons (Fsp3) is 0.143. The van der Waals surface area contributed by atoms with E-state index in [1.165, 1.54) is 0 Å². The van der Waals surface area contributed by atoms with Crippen LogP contribution in [0.3, 0.4) is 0 Å². The molecule has 0 saturated carbocycles. The van der Waals surface area contributed by atoms with Gasteiger partial charge in [-0.25, -0.2) is 0 Å². The van der Waals surface area contributed by atoms with Gasteiger partial charge in [0, 0.05) is 42.1 Å². The second-order valence-corrected chi connectivity index (χ2v) is 6.78. The van der Waals surface area contributed by atoms with Gasteiger partial charge < -0.3 is 10.2 Å². The summed E-state index contributed by atoms with van der Waals surface area (Å²) in [5.74, 6) is -0.833. The Balaban J connectivity index is 0.000000717. The molecule has 1 heterocycles. The molecular formula is C21H19Cl2NO3Zn. The number of carboxylic acid groups (broad SMARTS) is 1. The molecule has 0 aliphatic heterocycles. The molecule has 3 aromatic rings. The summed E-state index contributed by atoms with van der Waals surface area (Å²) in [4.78, 5) is 13.5. The van der Waals surface area contributed by atoms with E-state index in [9.17, 15) is 5.11 Å². The van der Waals surface area contributed by atoms with Crippen molar-refractivity contribution in [3.8, 4) is 0 Å². The van der Waals surface area contributed by atoms with Crippen LogP contribution in [-0.4, -0.2) is 21.2 Å². The molecule has 3 rings (SSSR count). The maximum atomic E-state index is 11.6. The molecule has 28 heavy (non-hydrogen) atoms. The number of carboxylic acids is 1. The number of hydrogen-bond donors (Lipinski definition) is 2. The molecule has 0 bridgehead atoms. The van der Waals surface area contributed by atoms with Gasteiger partial charge in [0.05, 0.1) is 5.69 Å². The van der Waals surface area contributed by atoms with Gasteiger partial charge in [0.2, 0.25) is 0 Å². The van der Waals surface area contributed by atoms with Crippen LogP contribution >= 0.6 is 23.2 Å². The Morgan fingerprint density at radius 3 is 1.64 bits per heavy atom. The van der Waals surface area contributed by atoms with Crippen LogP contribution in [0, 0.1) is 6.92 Å². The van der Waals surface area contributed by atoms with E-state index in [1.807, 2.05) is 25.1 Å². The zero-order valence-corrected chi connectivity index (χ0v) is 20.0. The van der Waals surface area contributed by atoms with Crippen LogP contribution in [0.25, 0.3) is 0 Å². The number of pyridine rings is 1. The second-order valence-electron chi connectivity index (χ2n) is 5.91. The Labute approximate surface area is 186 Å². The van der Waals surface area contributed by atoms with Crippen molar-refractivity contribution in [1.82, 2.24) is 4.98 Å². The van der Waals surface area contributed by atoms with Crippen molar-refractivity contribution >= 4 is 29.2 Å². The smallest absolute Gasteiger partial charge is 0.300 e. The Morgan fingerprint density at radius 2 is 1.29 bits per heavy atom. The molecule has 0 amide bonds. The van der Waals surface area contributed by atoms with Crippen molar-refractivity contribution in [2.24, 2.45) is 0 Å². The molecule has 142 valence electrons. The topological polar surface area (TPSA) is 70.4 Å². The van der Waals surface area contributed by atoms with E-state index in [0.717, 1.165) is 12.6 Å². The van der Waals surface area contributed by atoms with Crippen LogP contribution in [0.5, 0.6) is 0 Å². The van der Waals surface area contributed by atoms with Crippen LogP contribution in [0.1, 0.15) is 29.4 Å². The van der Waals surface area contributed by atoms with E-state index in [-0.39, 0.29) is 19.5 Å². The summed E-state index contributed by atoms with van der Waals surface area (Å²) in [7, 11) is 0. The standard InChI is InChI=1S/C19H15Cl2NO.C2H4O2.Zn/c1-13-3-2-4-18(22-13)19(23,14-5-9-16(20)10-6-14)15-7-11-17(21)12-8-15;1-2(3)4;/h2-12,23H,1H3;1H3,(H,3,4);. The molecule has 7 heteroatoms. The van der Waals surface area contributed by atoms with Crippen molar-refractivity contribution in [1.29, 1.82) is 0 Å². The predicted octanol–water partition coefficient (Wildman–Crippen LogP) is 5.07. The van der Waals surface area contributed by atoms with Crippen molar-refractivity contribution < 1.29 is 34.5 Å². The van der Waals surface area contributed by atoms with E-state index in [2.05, 4.69) is 4.98 Å². The maximum absolute atomic E-state index is 11.6. The number of aromatic nitrogens is 1. The molecule has 0 saturated heterocycles. The largest absolute Gasteiger partial charge is 0.481 e. The maximum Gasteiger partial charge on any atom is 0.300 e. The monoisotopic (exact) mass is 467 g/mol. The summed E-state index contributed by atoms with van der Waals surface area (Å²) >= 11 is 12.0. The summed E-state index contributed by atoms with van der Waals surface area (Å²) in [5.41, 5.74) is 1.41. The molecule has 0 aliphatic rings. The predicted molar refractivity (Wildman–Crippen MR) is 107 cm³/mol. The third-order valence-electron chi connectivity index (χ3n) is 3.78. The van der Waals surface area contributed by atoms with E-state index < -0.39 is 11.6 Å². The molecule has 2 aromatic carbocycles. The Kier molecular flexibility index (Phi) is 9.26. The number of aryl methyl sites for hydroxylation is 1. The summed E-state index contributed by atoms with van der Waals surface area (Å²) in [6.45, 7) is 2.98. The van der Waals surface area contributed by atoms with Gasteiger partial charge in [-0.15, -0.1) is 0 Å². The Bertz CT molecular complexity index is 866. The summed E-state index contributed by atoms with van der Waals surface area (Å²) in [6, 6.07) is 19.9. The molecular weight excluding hydrogens is 451 g/mol. The minimum absolute atomic E-state index is 0. The third-order valence-corrected chi connectivity index (χ3v) is 4.29. The summed E-state index contributed by atoms with van der Waals surface area (Å²) < 4.78 is 0. The van der Waals surface area contributed by atoms with E-state index in [4.69, 9.17) is 33.1 Å². The van der Waals surface area contributed by atoms with E-state index in [1.54, 1.807) is 48.5 Å². The zero-order valence-electron chi connectivity index (χ0n) is 15.6. The SMILES string of the molecule is CC(=O)O.Cc1cccc(C(O)(c2ccc(Cl)cc2)c2ccc(Cl)cc2)n1.[Zn]. The molecule has 0 unspecified atom stereocenters. The summed E-state index contributed by atoms with van der Waals surface area (Å²) in [6.07, 6.45) is 0. The first-order valence-corrected chi connectivity index (χ1v) is 8.87. The molecule has 0 radical (unpaired) electrons. The average molecular weight is 470 g/mol. The summed E-state index contributed by atoms with van der Waals surface area (Å²) in [5, 5.41) is 20.2. The molecule has 0 aliphatic carbocycles. The number of rotatable bonds is 3. The molecule has 4 nitrogen and oxygen atoms in total. The van der Waals surface area contributed by atoms with E-state index >= 15 is 0 Å². The van der Waals surface area contributed by atoms with Gasteiger partial charge in [0.25, 0.3) is 5.97 Å². The van der Waals surface area contributed by atoms with Crippen LogP contribution in [0.4, 0.5) is 0 Å². The van der Waals surface area contributed by atoms with Gasteiger partial charge in [-0.1, -0.05) is 53.5 Å². The number of carbonyl (C=O) groups is 1. The van der Waals surface area contributed by atoms with Crippen molar-refractivity contribution in [2.75, 3.05) is 0 Å².